The van der Waals surface area contributed by atoms with Gasteiger partial charge in [-0.05, 0) is 0 Å². The molecule has 2 rings (SSSR count). The van der Waals surface area contributed by atoms with Crippen LogP contribution in [0.15, 0.2) is 0 Å². The highest BCUT2D eigenvalue weighted by Crippen LogP contribution is 2.34. The lowest BCUT2D eigenvalue weighted by Crippen LogP contribution is -2.52. The van der Waals surface area contributed by atoms with Crippen molar-refractivity contribution in [1.29, 1.82) is 0 Å². The monoisotopic (exact) mass is 310 g/mol. The fourth-order valence-corrected chi connectivity index (χ4v) is 2.53. The predicted octanol–water partition coefficient (Wildman–Crippen LogP) is 0.447. The minimum Gasteiger partial charge on any atom is -0.480 e. The van der Waals surface area contributed by atoms with E-state index >= 15 is 0 Å². The first-order valence-electron chi connectivity index (χ1n) is 6.19. The molecule has 118 valence electrons. The lowest BCUT2D eigenvalue weighted by atomic mass is 9.91. The minimum atomic E-state index is -4.92. The molecule has 21 heavy (non-hydrogen) atoms. The SMILES string of the molecule is O=C(O)CN1CC2(CCN(C(=O)C(F)(F)F)CC2)OC1=O. The van der Waals surface area contributed by atoms with Crippen molar-refractivity contribution in [2.45, 2.75) is 24.6 Å². The van der Waals surface area contributed by atoms with Crippen LogP contribution in [0.1, 0.15) is 12.8 Å². The number of likely N-dealkylation sites (tertiary alicyclic amines) is 1. The molecule has 0 aromatic heterocycles. The van der Waals surface area contributed by atoms with Gasteiger partial charge in [0.25, 0.3) is 0 Å². The molecule has 2 aliphatic heterocycles. The van der Waals surface area contributed by atoms with Crippen molar-refractivity contribution in [3.05, 3.63) is 0 Å². The van der Waals surface area contributed by atoms with Crippen LogP contribution in [0.25, 0.3) is 0 Å². The van der Waals surface area contributed by atoms with E-state index in [1.165, 1.54) is 0 Å². The van der Waals surface area contributed by atoms with E-state index in [0.29, 0.717) is 4.90 Å². The third-order valence-electron chi connectivity index (χ3n) is 3.57. The molecule has 2 saturated heterocycles. The van der Waals surface area contributed by atoms with Gasteiger partial charge in [0, 0.05) is 25.9 Å². The molecule has 0 bridgehead atoms. The fourth-order valence-electron chi connectivity index (χ4n) is 2.53. The van der Waals surface area contributed by atoms with Crippen molar-refractivity contribution in [3.8, 4) is 0 Å². The average Bonchev–Trinajstić information content (AvgIpc) is 2.64. The summed E-state index contributed by atoms with van der Waals surface area (Å²) in [6, 6.07) is 0. The van der Waals surface area contributed by atoms with Gasteiger partial charge in [0.1, 0.15) is 12.1 Å². The number of carbonyl (C=O) groups is 3. The van der Waals surface area contributed by atoms with Crippen LogP contribution in [0.5, 0.6) is 0 Å². The summed E-state index contributed by atoms with van der Waals surface area (Å²) in [6.45, 7) is -0.892. The summed E-state index contributed by atoms with van der Waals surface area (Å²) < 4.78 is 42.1. The van der Waals surface area contributed by atoms with E-state index in [9.17, 15) is 27.6 Å². The molecular weight excluding hydrogens is 297 g/mol. The van der Waals surface area contributed by atoms with Crippen molar-refractivity contribution in [1.82, 2.24) is 9.80 Å². The van der Waals surface area contributed by atoms with Crippen molar-refractivity contribution in [3.63, 3.8) is 0 Å². The first-order valence-corrected chi connectivity index (χ1v) is 6.19. The molecule has 0 atom stereocenters. The summed E-state index contributed by atoms with van der Waals surface area (Å²) in [4.78, 5) is 34.9. The molecule has 1 N–H and O–H groups in total. The first-order chi connectivity index (χ1) is 9.63. The zero-order valence-corrected chi connectivity index (χ0v) is 10.9. The second kappa shape index (κ2) is 5.08. The van der Waals surface area contributed by atoms with Gasteiger partial charge < -0.3 is 14.7 Å². The van der Waals surface area contributed by atoms with Gasteiger partial charge in [0.05, 0.1) is 6.54 Å². The van der Waals surface area contributed by atoms with Crippen LogP contribution in [-0.4, -0.2) is 70.8 Å². The average molecular weight is 310 g/mol. The van der Waals surface area contributed by atoms with Crippen LogP contribution in [0, 0.1) is 0 Å². The molecule has 7 nitrogen and oxygen atoms in total. The van der Waals surface area contributed by atoms with Crippen molar-refractivity contribution < 1.29 is 37.4 Å². The lowest BCUT2D eigenvalue weighted by molar-refractivity contribution is -0.188. The zero-order chi connectivity index (χ0) is 15.8. The van der Waals surface area contributed by atoms with E-state index in [1.54, 1.807) is 0 Å². The molecule has 2 amide bonds. The number of ether oxygens (including phenoxy) is 1. The molecule has 2 aliphatic rings. The summed E-state index contributed by atoms with van der Waals surface area (Å²) in [5.41, 5.74) is -1.01. The number of piperidine rings is 1. The molecule has 2 heterocycles. The highest BCUT2D eigenvalue weighted by molar-refractivity contribution is 5.82. The molecule has 2 fully saturated rings. The van der Waals surface area contributed by atoms with Gasteiger partial charge in [-0.15, -0.1) is 0 Å². The summed E-state index contributed by atoms with van der Waals surface area (Å²) in [7, 11) is 0. The van der Waals surface area contributed by atoms with E-state index < -0.39 is 36.3 Å². The van der Waals surface area contributed by atoms with Crippen molar-refractivity contribution in [2.75, 3.05) is 26.2 Å². The number of hydrogen-bond acceptors (Lipinski definition) is 4. The molecule has 0 saturated carbocycles. The van der Waals surface area contributed by atoms with E-state index in [2.05, 4.69) is 0 Å². The van der Waals surface area contributed by atoms with Crippen LogP contribution in [0.4, 0.5) is 18.0 Å². The predicted molar refractivity (Wildman–Crippen MR) is 60.3 cm³/mol. The van der Waals surface area contributed by atoms with Gasteiger partial charge in [-0.2, -0.15) is 13.2 Å². The van der Waals surface area contributed by atoms with Gasteiger partial charge >= 0.3 is 24.1 Å². The Morgan fingerprint density at radius 2 is 1.86 bits per heavy atom. The van der Waals surface area contributed by atoms with Crippen LogP contribution >= 0.6 is 0 Å². The Morgan fingerprint density at radius 1 is 1.29 bits per heavy atom. The van der Waals surface area contributed by atoms with Gasteiger partial charge in [-0.3, -0.25) is 14.5 Å². The maximum atomic E-state index is 12.3. The highest BCUT2D eigenvalue weighted by atomic mass is 19.4. The minimum absolute atomic E-state index is 0.00613. The van der Waals surface area contributed by atoms with E-state index in [1.807, 2.05) is 0 Å². The topological polar surface area (TPSA) is 87.2 Å². The molecular formula is C11H13F3N2O5. The van der Waals surface area contributed by atoms with Crippen LogP contribution in [0.2, 0.25) is 0 Å². The third-order valence-corrected chi connectivity index (χ3v) is 3.57. The standard InChI is InChI=1S/C11H13F3N2O5/c12-11(13,14)8(19)15-3-1-10(2-4-15)6-16(5-7(17)18)9(20)21-10/h1-6H2,(H,17,18). The maximum absolute atomic E-state index is 12.3. The molecule has 0 radical (unpaired) electrons. The Morgan fingerprint density at radius 3 is 2.33 bits per heavy atom. The van der Waals surface area contributed by atoms with E-state index in [4.69, 9.17) is 9.84 Å². The smallest absolute Gasteiger partial charge is 0.471 e. The van der Waals surface area contributed by atoms with Gasteiger partial charge in [0.2, 0.25) is 0 Å². The van der Waals surface area contributed by atoms with E-state index in [-0.39, 0.29) is 32.5 Å². The number of rotatable bonds is 2. The number of aliphatic carboxylic acids is 1. The molecule has 10 heteroatoms. The highest BCUT2D eigenvalue weighted by Gasteiger charge is 2.50. The molecule has 0 aliphatic carbocycles. The second-order valence-corrected chi connectivity index (χ2v) is 5.09. The fraction of sp³-hybridized carbons (Fsp3) is 0.727. The van der Waals surface area contributed by atoms with Gasteiger partial charge in [-0.25, -0.2) is 4.79 Å². The second-order valence-electron chi connectivity index (χ2n) is 5.09. The summed E-state index contributed by atoms with van der Waals surface area (Å²) in [5, 5.41) is 8.66. The number of hydrogen-bond donors (Lipinski definition) is 1. The molecule has 0 aromatic rings. The van der Waals surface area contributed by atoms with Crippen molar-refractivity contribution >= 4 is 18.0 Å². The van der Waals surface area contributed by atoms with Gasteiger partial charge in [0.15, 0.2) is 0 Å². The van der Waals surface area contributed by atoms with Crippen molar-refractivity contribution in [2.24, 2.45) is 0 Å². The molecule has 1 spiro atoms. The zero-order valence-electron chi connectivity index (χ0n) is 10.9. The number of nitrogens with zero attached hydrogens (tertiary/aromatic N) is 2. The summed E-state index contributed by atoms with van der Waals surface area (Å²) >= 11 is 0. The maximum Gasteiger partial charge on any atom is 0.471 e. The molecule has 0 aromatic carbocycles. The third kappa shape index (κ3) is 3.19. The summed E-state index contributed by atoms with van der Waals surface area (Å²) in [6.07, 6.45) is -5.62. The largest absolute Gasteiger partial charge is 0.480 e. The Kier molecular flexibility index (Phi) is 3.72. The number of halogens is 3. The number of carboxylic acid groups (broad SMARTS) is 1. The normalized spacial score (nSPS) is 21.6. The summed E-state index contributed by atoms with van der Waals surface area (Å²) in [5.74, 6) is -3.11. The number of amides is 2. The molecule has 0 unspecified atom stereocenters. The lowest BCUT2D eigenvalue weighted by Gasteiger charge is -2.37. The van der Waals surface area contributed by atoms with Crippen LogP contribution in [0.3, 0.4) is 0 Å². The number of alkyl halides is 3. The first kappa shape index (κ1) is 15.4. The van der Waals surface area contributed by atoms with Crippen LogP contribution < -0.4 is 0 Å². The Labute approximate surface area is 117 Å². The number of carboxylic acids is 1. The number of carbonyl (C=O) groups excluding carboxylic acids is 2. The Hall–Kier alpha value is -2.00. The Bertz CT molecular complexity index is 471. The Balaban J connectivity index is 1.96. The van der Waals surface area contributed by atoms with Crippen LogP contribution in [-0.2, 0) is 14.3 Å². The van der Waals surface area contributed by atoms with E-state index in [0.717, 1.165) is 4.90 Å². The van der Waals surface area contributed by atoms with Gasteiger partial charge in [-0.1, -0.05) is 0 Å². The quantitative estimate of drug-likeness (QED) is 0.800.